The minimum Gasteiger partial charge on any atom is -0.367 e. The Labute approximate surface area is 185 Å². The van der Waals surface area contributed by atoms with Crippen molar-refractivity contribution >= 4 is 5.82 Å². The number of aromatic nitrogens is 4. The number of anilines is 1. The molecule has 0 bridgehead atoms. The number of hydrogen-bond donors (Lipinski definition) is 1. The van der Waals surface area contributed by atoms with Crippen LogP contribution in [0.5, 0.6) is 0 Å². The van der Waals surface area contributed by atoms with Crippen LogP contribution >= 0.6 is 0 Å². The zero-order valence-corrected chi connectivity index (χ0v) is 19.2. The van der Waals surface area contributed by atoms with Gasteiger partial charge in [0.25, 0.3) is 5.56 Å². The summed E-state index contributed by atoms with van der Waals surface area (Å²) in [5.74, 6) is 0.891. The third-order valence-corrected chi connectivity index (χ3v) is 6.57. The number of likely N-dealkylation sites (tertiary alicyclic amines) is 1. The minimum atomic E-state index is -0.0665. The van der Waals surface area contributed by atoms with E-state index in [0.717, 1.165) is 50.4 Å². The Balaban J connectivity index is 1.37. The second kappa shape index (κ2) is 9.47. The van der Waals surface area contributed by atoms with Gasteiger partial charge in [0.15, 0.2) is 0 Å². The quantitative estimate of drug-likeness (QED) is 0.768. The van der Waals surface area contributed by atoms with Crippen LogP contribution in [0.1, 0.15) is 69.8 Å². The highest BCUT2D eigenvalue weighted by molar-refractivity contribution is 5.39. The van der Waals surface area contributed by atoms with Crippen molar-refractivity contribution in [2.45, 2.75) is 83.7 Å². The van der Waals surface area contributed by atoms with Crippen LogP contribution in [-0.2, 0) is 24.8 Å². The highest BCUT2D eigenvalue weighted by Gasteiger charge is 2.23. The van der Waals surface area contributed by atoms with E-state index in [0.29, 0.717) is 12.6 Å². The number of nitrogens with zero attached hydrogens (tertiary/aromatic N) is 5. The fourth-order valence-corrected chi connectivity index (χ4v) is 4.62. The van der Waals surface area contributed by atoms with Gasteiger partial charge in [-0.25, -0.2) is 4.68 Å². The van der Waals surface area contributed by atoms with E-state index in [1.165, 1.54) is 36.9 Å². The summed E-state index contributed by atoms with van der Waals surface area (Å²) < 4.78 is 1.63. The van der Waals surface area contributed by atoms with Gasteiger partial charge in [0.05, 0.1) is 17.9 Å². The number of hydrogen-bond acceptors (Lipinski definition) is 6. The fourth-order valence-electron chi connectivity index (χ4n) is 4.62. The van der Waals surface area contributed by atoms with Crippen LogP contribution in [0.4, 0.5) is 5.82 Å². The Morgan fingerprint density at radius 2 is 1.90 bits per heavy atom. The third-order valence-electron chi connectivity index (χ3n) is 6.57. The number of piperidine rings is 1. The lowest BCUT2D eigenvalue weighted by Crippen LogP contribution is -2.46. The number of rotatable bonds is 6. The Kier molecular flexibility index (Phi) is 6.70. The molecule has 2 aromatic rings. The molecule has 1 unspecified atom stereocenters. The lowest BCUT2D eigenvalue weighted by Gasteiger charge is -2.36. The van der Waals surface area contributed by atoms with E-state index in [1.54, 1.807) is 10.7 Å². The first-order valence-corrected chi connectivity index (χ1v) is 11.8. The van der Waals surface area contributed by atoms with Crippen molar-refractivity contribution in [3.05, 3.63) is 45.5 Å². The molecule has 7 nitrogen and oxygen atoms in total. The zero-order valence-electron chi connectivity index (χ0n) is 19.2. The first-order valence-electron chi connectivity index (χ1n) is 11.8. The van der Waals surface area contributed by atoms with Crippen molar-refractivity contribution in [3.8, 4) is 0 Å². The topological polar surface area (TPSA) is 75.9 Å². The van der Waals surface area contributed by atoms with Gasteiger partial charge < -0.3 is 5.32 Å². The summed E-state index contributed by atoms with van der Waals surface area (Å²) in [7, 11) is 0. The van der Waals surface area contributed by atoms with Crippen LogP contribution in [0.2, 0.25) is 0 Å². The Hall–Kier alpha value is -2.28. The van der Waals surface area contributed by atoms with Crippen molar-refractivity contribution in [3.63, 3.8) is 0 Å². The van der Waals surface area contributed by atoms with Crippen LogP contribution in [0.15, 0.2) is 23.0 Å². The molecule has 2 aromatic heterocycles. The average molecular weight is 425 g/mol. The maximum Gasteiger partial charge on any atom is 0.266 e. The second-order valence-electron chi connectivity index (χ2n) is 10.0. The molecule has 1 N–H and O–H groups in total. The number of aryl methyl sites for hydroxylation is 2. The molecule has 0 radical (unpaired) electrons. The molecule has 1 aliphatic heterocycles. The second-order valence-corrected chi connectivity index (χ2v) is 10.0. The standard InChI is InChI=1S/C24H36N6O/c1-24(2,3)21-11-12-23(31)30(28-21)15-14-29-13-7-6-9-19(29)17-25-22-16-18-8-4-5-10-20(18)26-27-22/h11-12,16,19H,4-10,13-15,17H2,1-3H3,(H,25,27). The van der Waals surface area contributed by atoms with E-state index in [1.807, 2.05) is 6.07 Å². The molecular formula is C24H36N6O. The monoisotopic (exact) mass is 424 g/mol. The minimum absolute atomic E-state index is 0.0241. The van der Waals surface area contributed by atoms with Crippen LogP contribution < -0.4 is 10.9 Å². The van der Waals surface area contributed by atoms with E-state index in [9.17, 15) is 4.79 Å². The summed E-state index contributed by atoms with van der Waals surface area (Å²) in [6, 6.07) is 6.13. The predicted molar refractivity (Wildman–Crippen MR) is 124 cm³/mol. The van der Waals surface area contributed by atoms with Crippen molar-refractivity contribution in [2.75, 3.05) is 25.0 Å². The van der Waals surface area contributed by atoms with Crippen LogP contribution in [0, 0.1) is 0 Å². The zero-order chi connectivity index (χ0) is 21.8. The van der Waals surface area contributed by atoms with Crippen molar-refractivity contribution in [1.29, 1.82) is 0 Å². The van der Waals surface area contributed by atoms with Gasteiger partial charge in [0.2, 0.25) is 0 Å². The lowest BCUT2D eigenvalue weighted by molar-refractivity contribution is 0.147. The van der Waals surface area contributed by atoms with E-state index < -0.39 is 0 Å². The molecule has 31 heavy (non-hydrogen) atoms. The van der Waals surface area contributed by atoms with Gasteiger partial charge in [-0.3, -0.25) is 9.69 Å². The van der Waals surface area contributed by atoms with E-state index >= 15 is 0 Å². The maximum absolute atomic E-state index is 12.3. The molecule has 168 valence electrons. The van der Waals surface area contributed by atoms with Crippen molar-refractivity contribution in [2.24, 2.45) is 0 Å². The van der Waals surface area contributed by atoms with Gasteiger partial charge >= 0.3 is 0 Å². The van der Waals surface area contributed by atoms with Crippen LogP contribution in [-0.4, -0.2) is 50.6 Å². The third kappa shape index (κ3) is 5.50. The number of nitrogens with one attached hydrogen (secondary N) is 1. The molecule has 1 fully saturated rings. The first-order chi connectivity index (χ1) is 14.9. The molecule has 4 rings (SSSR count). The molecule has 0 aromatic carbocycles. The van der Waals surface area contributed by atoms with Crippen LogP contribution in [0.3, 0.4) is 0 Å². The summed E-state index contributed by atoms with van der Waals surface area (Å²) in [5.41, 5.74) is 3.39. The molecule has 0 amide bonds. The molecule has 0 saturated carbocycles. The molecule has 7 heteroatoms. The van der Waals surface area contributed by atoms with Gasteiger partial charge in [-0.05, 0) is 62.8 Å². The predicted octanol–water partition coefficient (Wildman–Crippen LogP) is 3.18. The summed E-state index contributed by atoms with van der Waals surface area (Å²) in [5, 5.41) is 17.0. The molecular weight excluding hydrogens is 388 g/mol. The van der Waals surface area contributed by atoms with Crippen molar-refractivity contribution < 1.29 is 0 Å². The molecule has 1 atom stereocenters. The summed E-state index contributed by atoms with van der Waals surface area (Å²) in [6.07, 6.45) is 8.26. The number of fused-ring (bicyclic) bond motifs is 1. The molecule has 2 aliphatic rings. The van der Waals surface area contributed by atoms with E-state index in [2.05, 4.69) is 52.4 Å². The largest absolute Gasteiger partial charge is 0.367 e. The highest BCUT2D eigenvalue weighted by Crippen LogP contribution is 2.22. The smallest absolute Gasteiger partial charge is 0.266 e. The molecule has 3 heterocycles. The van der Waals surface area contributed by atoms with Gasteiger partial charge in [-0.15, -0.1) is 5.10 Å². The molecule has 1 aliphatic carbocycles. The van der Waals surface area contributed by atoms with E-state index in [4.69, 9.17) is 0 Å². The lowest BCUT2D eigenvalue weighted by atomic mass is 9.92. The Bertz CT molecular complexity index is 948. The summed E-state index contributed by atoms with van der Waals surface area (Å²) in [4.78, 5) is 14.8. The van der Waals surface area contributed by atoms with Gasteiger partial charge in [-0.2, -0.15) is 10.2 Å². The Morgan fingerprint density at radius 3 is 2.74 bits per heavy atom. The molecule has 0 spiro atoms. The van der Waals surface area contributed by atoms with Gasteiger partial charge in [0, 0.05) is 30.6 Å². The van der Waals surface area contributed by atoms with Crippen molar-refractivity contribution in [1.82, 2.24) is 24.9 Å². The summed E-state index contributed by atoms with van der Waals surface area (Å²) >= 11 is 0. The Morgan fingerprint density at radius 1 is 1.06 bits per heavy atom. The first kappa shape index (κ1) is 21.9. The fraction of sp³-hybridized carbons (Fsp3) is 0.667. The average Bonchev–Trinajstić information content (AvgIpc) is 2.76. The van der Waals surface area contributed by atoms with Crippen LogP contribution in [0.25, 0.3) is 0 Å². The molecule has 1 saturated heterocycles. The highest BCUT2D eigenvalue weighted by atomic mass is 16.1. The normalized spacial score (nSPS) is 19.8. The summed E-state index contributed by atoms with van der Waals surface area (Å²) in [6.45, 7) is 9.76. The maximum atomic E-state index is 12.3. The van der Waals surface area contributed by atoms with E-state index in [-0.39, 0.29) is 11.0 Å². The van der Waals surface area contributed by atoms with Gasteiger partial charge in [0.1, 0.15) is 5.82 Å². The SMILES string of the molecule is CC(C)(C)c1ccc(=O)n(CCN2CCCCC2CNc2cc3c(nn2)CCCC3)n1. The van der Waals surface area contributed by atoms with Gasteiger partial charge in [-0.1, -0.05) is 27.2 Å².